The van der Waals surface area contributed by atoms with Crippen molar-refractivity contribution in [3.05, 3.63) is 29.8 Å². The van der Waals surface area contributed by atoms with Gasteiger partial charge < -0.3 is 10.1 Å². The number of carbonyl (C=O) groups is 1. The Labute approximate surface area is 163 Å². The van der Waals surface area contributed by atoms with Crippen LogP contribution in [0.1, 0.15) is 52.0 Å². The summed E-state index contributed by atoms with van der Waals surface area (Å²) in [6.07, 6.45) is 2.88. The zero-order chi connectivity index (χ0) is 20.1. The minimum absolute atomic E-state index is 0.0436. The number of sulfonamides is 1. The molecule has 2 rings (SSSR count). The molecular formula is C20H32N2O4S. The summed E-state index contributed by atoms with van der Waals surface area (Å²) < 4.78 is 32.7. The summed E-state index contributed by atoms with van der Waals surface area (Å²) in [5.74, 6) is -0.222. The van der Waals surface area contributed by atoms with Gasteiger partial charge in [0.15, 0.2) is 0 Å². The lowest BCUT2D eigenvalue weighted by molar-refractivity contribution is -0.125. The summed E-state index contributed by atoms with van der Waals surface area (Å²) in [5.41, 5.74) is 1.03. The highest BCUT2D eigenvalue weighted by Crippen LogP contribution is 2.28. The van der Waals surface area contributed by atoms with Crippen molar-refractivity contribution >= 4 is 15.9 Å². The molecule has 1 heterocycles. The summed E-state index contributed by atoms with van der Waals surface area (Å²) in [6, 6.07) is 6.37. The van der Waals surface area contributed by atoms with Crippen molar-refractivity contribution in [1.29, 1.82) is 0 Å². The van der Waals surface area contributed by atoms with Gasteiger partial charge >= 0.3 is 0 Å². The highest BCUT2D eigenvalue weighted by Gasteiger charge is 2.37. The van der Waals surface area contributed by atoms with E-state index in [1.165, 1.54) is 4.31 Å². The van der Waals surface area contributed by atoms with Gasteiger partial charge in [-0.1, -0.05) is 39.3 Å². The molecule has 0 aromatic heterocycles. The molecule has 6 nitrogen and oxygen atoms in total. The van der Waals surface area contributed by atoms with Crippen LogP contribution in [0.15, 0.2) is 29.2 Å². The van der Waals surface area contributed by atoms with Crippen molar-refractivity contribution < 1.29 is 17.9 Å². The summed E-state index contributed by atoms with van der Waals surface area (Å²) in [7, 11) is -2.09. The molecule has 1 aromatic carbocycles. The molecule has 7 heteroatoms. The molecule has 1 saturated heterocycles. The average molecular weight is 397 g/mol. The number of piperidine rings is 1. The molecule has 1 aliphatic heterocycles. The summed E-state index contributed by atoms with van der Waals surface area (Å²) in [5, 5.41) is 2.84. The first kappa shape index (κ1) is 21.9. The van der Waals surface area contributed by atoms with E-state index in [-0.39, 0.29) is 16.2 Å². The van der Waals surface area contributed by atoms with Crippen LogP contribution in [-0.2, 0) is 25.0 Å². The van der Waals surface area contributed by atoms with Gasteiger partial charge in [-0.15, -0.1) is 0 Å². The van der Waals surface area contributed by atoms with Crippen molar-refractivity contribution in [2.75, 3.05) is 26.8 Å². The van der Waals surface area contributed by atoms with Crippen LogP contribution in [-0.4, -0.2) is 51.5 Å². The first-order chi connectivity index (χ1) is 12.7. The zero-order valence-corrected chi connectivity index (χ0v) is 17.6. The number of carbonyl (C=O) groups excluding carboxylic acids is 1. The minimum Gasteiger partial charge on any atom is -0.385 e. The van der Waals surface area contributed by atoms with Crippen LogP contribution >= 0.6 is 0 Å². The van der Waals surface area contributed by atoms with E-state index in [0.717, 1.165) is 18.4 Å². The highest BCUT2D eigenvalue weighted by atomic mass is 32.2. The lowest BCUT2D eigenvalue weighted by Crippen LogP contribution is -2.52. The first-order valence-electron chi connectivity index (χ1n) is 9.57. The van der Waals surface area contributed by atoms with Crippen LogP contribution in [0.2, 0.25) is 0 Å². The third kappa shape index (κ3) is 5.53. The lowest BCUT2D eigenvalue weighted by atomic mass is 9.87. The smallest absolute Gasteiger partial charge is 0.243 e. The van der Waals surface area contributed by atoms with Crippen LogP contribution in [0.3, 0.4) is 0 Å². The molecule has 0 spiro atoms. The topological polar surface area (TPSA) is 75.7 Å². The number of nitrogens with zero attached hydrogens (tertiary/aromatic N) is 1. The normalized spacial score (nSPS) is 19.0. The fourth-order valence-corrected chi connectivity index (χ4v) is 4.92. The van der Waals surface area contributed by atoms with Crippen LogP contribution in [0.5, 0.6) is 0 Å². The van der Waals surface area contributed by atoms with Gasteiger partial charge in [-0.05, 0) is 42.4 Å². The third-order valence-corrected chi connectivity index (χ3v) is 6.83. The molecule has 0 radical (unpaired) electrons. The predicted molar refractivity (Wildman–Crippen MR) is 106 cm³/mol. The van der Waals surface area contributed by atoms with E-state index < -0.39 is 16.1 Å². The standard InChI is InChI=1S/C20H32N2O4S/c1-20(2,3)16-9-11-17(12-10-16)27(24,25)22-14-6-5-8-18(22)19(23)21-13-7-15-26-4/h9-12,18H,5-8,13-15H2,1-4H3,(H,21,23)/t18-/m0/s1. The van der Waals surface area contributed by atoms with E-state index in [1.54, 1.807) is 19.2 Å². The Kier molecular flexibility index (Phi) is 7.42. The molecule has 1 fully saturated rings. The third-order valence-electron chi connectivity index (χ3n) is 4.91. The second-order valence-corrected chi connectivity index (χ2v) is 9.93. The van der Waals surface area contributed by atoms with Gasteiger partial charge in [0.1, 0.15) is 6.04 Å². The monoisotopic (exact) mass is 396 g/mol. The van der Waals surface area contributed by atoms with E-state index in [9.17, 15) is 13.2 Å². The van der Waals surface area contributed by atoms with E-state index in [1.807, 2.05) is 12.1 Å². The van der Waals surface area contributed by atoms with Crippen LogP contribution < -0.4 is 5.32 Å². The van der Waals surface area contributed by atoms with Gasteiger partial charge in [-0.25, -0.2) is 8.42 Å². The van der Waals surface area contributed by atoms with E-state index >= 15 is 0 Å². The van der Waals surface area contributed by atoms with Crippen LogP contribution in [0, 0.1) is 0 Å². The van der Waals surface area contributed by atoms with E-state index in [0.29, 0.717) is 32.5 Å². The number of amides is 1. The van der Waals surface area contributed by atoms with Crippen molar-refractivity contribution in [1.82, 2.24) is 9.62 Å². The van der Waals surface area contributed by atoms with Gasteiger partial charge in [0, 0.05) is 26.8 Å². The van der Waals surface area contributed by atoms with Crippen LogP contribution in [0.4, 0.5) is 0 Å². The van der Waals surface area contributed by atoms with Gasteiger partial charge in [0.05, 0.1) is 4.90 Å². The second kappa shape index (κ2) is 9.17. The molecule has 152 valence electrons. The molecule has 0 aliphatic carbocycles. The minimum atomic E-state index is -3.71. The molecule has 1 amide bonds. The molecule has 1 aromatic rings. The molecule has 0 bridgehead atoms. The van der Waals surface area contributed by atoms with Crippen molar-refractivity contribution in [2.45, 2.75) is 62.8 Å². The number of benzene rings is 1. The fraction of sp³-hybridized carbons (Fsp3) is 0.650. The maximum Gasteiger partial charge on any atom is 0.243 e. The maximum absolute atomic E-state index is 13.2. The van der Waals surface area contributed by atoms with Crippen molar-refractivity contribution in [2.24, 2.45) is 0 Å². The number of rotatable bonds is 7. The second-order valence-electron chi connectivity index (χ2n) is 8.04. The maximum atomic E-state index is 13.2. The molecule has 27 heavy (non-hydrogen) atoms. The molecule has 1 atom stereocenters. The van der Waals surface area contributed by atoms with E-state index in [2.05, 4.69) is 26.1 Å². The first-order valence-corrected chi connectivity index (χ1v) is 11.0. The Morgan fingerprint density at radius 1 is 1.22 bits per heavy atom. The van der Waals surface area contributed by atoms with Gasteiger partial charge in [0.25, 0.3) is 0 Å². The van der Waals surface area contributed by atoms with Gasteiger partial charge in [-0.3, -0.25) is 4.79 Å². The highest BCUT2D eigenvalue weighted by molar-refractivity contribution is 7.89. The fourth-order valence-electron chi connectivity index (χ4n) is 3.26. The number of ether oxygens (including phenoxy) is 1. The number of nitrogens with one attached hydrogen (secondary N) is 1. The quantitative estimate of drug-likeness (QED) is 0.719. The zero-order valence-electron chi connectivity index (χ0n) is 16.8. The molecule has 0 unspecified atom stereocenters. The average Bonchev–Trinajstić information content (AvgIpc) is 2.64. The Bertz CT molecular complexity index is 723. The Morgan fingerprint density at radius 3 is 2.48 bits per heavy atom. The Morgan fingerprint density at radius 2 is 1.89 bits per heavy atom. The number of methoxy groups -OCH3 is 1. The van der Waals surface area contributed by atoms with Crippen molar-refractivity contribution in [3.63, 3.8) is 0 Å². The number of hydrogen-bond donors (Lipinski definition) is 1. The Hall–Kier alpha value is -1.44. The predicted octanol–water partition coefficient (Wildman–Crippen LogP) is 2.68. The summed E-state index contributed by atoms with van der Waals surface area (Å²) >= 11 is 0. The van der Waals surface area contributed by atoms with Gasteiger partial charge in [0.2, 0.25) is 15.9 Å². The Balaban J connectivity index is 2.17. The number of hydrogen-bond acceptors (Lipinski definition) is 4. The summed E-state index contributed by atoms with van der Waals surface area (Å²) in [6.45, 7) is 7.69. The molecule has 1 N–H and O–H groups in total. The largest absolute Gasteiger partial charge is 0.385 e. The van der Waals surface area contributed by atoms with E-state index in [4.69, 9.17) is 4.74 Å². The SMILES string of the molecule is COCCCNC(=O)[C@@H]1CCCCN1S(=O)(=O)c1ccc(C(C)(C)C)cc1. The molecule has 1 aliphatic rings. The molecule has 0 saturated carbocycles. The lowest BCUT2D eigenvalue weighted by Gasteiger charge is -2.33. The van der Waals surface area contributed by atoms with Crippen molar-refractivity contribution in [3.8, 4) is 0 Å². The van der Waals surface area contributed by atoms with Crippen LogP contribution in [0.25, 0.3) is 0 Å². The molecular weight excluding hydrogens is 364 g/mol. The summed E-state index contributed by atoms with van der Waals surface area (Å²) in [4.78, 5) is 12.8. The van der Waals surface area contributed by atoms with Gasteiger partial charge in [-0.2, -0.15) is 4.31 Å².